The maximum Gasteiger partial charge on any atom is 0.352 e. The van der Waals surface area contributed by atoms with Gasteiger partial charge in [0.25, 0.3) is 0 Å². The molecule has 13 heteroatoms. The van der Waals surface area contributed by atoms with Gasteiger partial charge in [-0.1, -0.05) is 13.5 Å². The van der Waals surface area contributed by atoms with Crippen molar-refractivity contribution < 1.29 is 43.2 Å². The standard InChI is InChI=1S/C32H44N4O9.CH4/c1-17(34-28(38)21(35-19(3)37)8-6-7-14-33)29(39)43-18(2)30(40)44-23-11-12-32(41)24-16-20-9-10-22(42-5)26-25(20)31(32,27(23)45-26)13-15-36(24)4;/h9-11,17-18,21,24,27,41H,6-8,12-16,33H2,1-5H3,(H,34,38)(H,35,37);1H4/t17-,18-,21-,24+,27-,31-,32+;/m0./s1. The van der Waals surface area contributed by atoms with Gasteiger partial charge in [-0.05, 0) is 83.8 Å². The van der Waals surface area contributed by atoms with Crippen LogP contribution in [0.4, 0.5) is 0 Å². The van der Waals surface area contributed by atoms with Crippen molar-refractivity contribution in [3.05, 3.63) is 35.1 Å². The first-order chi connectivity index (χ1) is 21.4. The van der Waals surface area contributed by atoms with Gasteiger partial charge in [-0.15, -0.1) is 0 Å². The molecule has 0 unspecified atom stereocenters. The van der Waals surface area contributed by atoms with Crippen LogP contribution in [-0.2, 0) is 40.5 Å². The molecular formula is C33H48N4O9. The number of unbranched alkanes of at least 4 members (excludes halogenated alkanes) is 1. The van der Waals surface area contributed by atoms with E-state index in [1.165, 1.54) is 20.8 Å². The number of nitrogens with one attached hydrogen (secondary N) is 2. The summed E-state index contributed by atoms with van der Waals surface area (Å²) in [6.07, 6.45) is 2.74. The zero-order chi connectivity index (χ0) is 32.7. The minimum atomic E-state index is -1.31. The molecule has 2 heterocycles. The van der Waals surface area contributed by atoms with Crippen LogP contribution >= 0.6 is 0 Å². The van der Waals surface area contributed by atoms with Crippen molar-refractivity contribution in [2.45, 2.75) is 108 Å². The number of esters is 2. The van der Waals surface area contributed by atoms with E-state index in [9.17, 15) is 24.3 Å². The number of likely N-dealkylation sites (tertiary alicyclic amines) is 1. The van der Waals surface area contributed by atoms with E-state index < -0.39 is 53.2 Å². The number of nitrogens with two attached hydrogens (primary N) is 1. The lowest BCUT2D eigenvalue weighted by Crippen LogP contribution is -2.74. The molecule has 7 atom stereocenters. The minimum Gasteiger partial charge on any atom is -0.493 e. The van der Waals surface area contributed by atoms with Crippen LogP contribution in [0.2, 0.25) is 0 Å². The second kappa shape index (κ2) is 13.6. The van der Waals surface area contributed by atoms with E-state index in [1.54, 1.807) is 13.2 Å². The number of piperidine rings is 1. The van der Waals surface area contributed by atoms with Crippen molar-refractivity contribution in [3.8, 4) is 11.5 Å². The summed E-state index contributed by atoms with van der Waals surface area (Å²) in [5, 5.41) is 17.5. The van der Waals surface area contributed by atoms with Crippen LogP contribution in [-0.4, -0.2) is 96.9 Å². The zero-order valence-corrected chi connectivity index (χ0v) is 26.5. The third kappa shape index (κ3) is 5.84. The van der Waals surface area contributed by atoms with Crippen molar-refractivity contribution in [1.82, 2.24) is 15.5 Å². The molecule has 2 aliphatic carbocycles. The summed E-state index contributed by atoms with van der Waals surface area (Å²) in [4.78, 5) is 52.7. The highest BCUT2D eigenvalue weighted by Gasteiger charge is 2.72. The number of aliphatic hydroxyl groups is 1. The van der Waals surface area contributed by atoms with Crippen LogP contribution in [0.5, 0.6) is 11.5 Å². The number of benzene rings is 1. The smallest absolute Gasteiger partial charge is 0.352 e. The number of methoxy groups -OCH3 is 1. The highest BCUT2D eigenvalue weighted by molar-refractivity contribution is 5.90. The monoisotopic (exact) mass is 644 g/mol. The number of hydrogen-bond acceptors (Lipinski definition) is 11. The van der Waals surface area contributed by atoms with Gasteiger partial charge in [0.05, 0.1) is 18.1 Å². The van der Waals surface area contributed by atoms with Crippen molar-refractivity contribution in [1.29, 1.82) is 0 Å². The van der Waals surface area contributed by atoms with E-state index in [-0.39, 0.29) is 31.6 Å². The average Bonchev–Trinajstić information content (AvgIpc) is 3.35. The highest BCUT2D eigenvalue weighted by Crippen LogP contribution is 2.65. The molecule has 0 radical (unpaired) electrons. The first kappa shape index (κ1) is 35.2. The second-order valence-electron chi connectivity index (χ2n) is 12.6. The molecule has 2 bridgehead atoms. The minimum absolute atomic E-state index is 0. The molecule has 13 nitrogen and oxygen atoms in total. The maximum atomic E-state index is 13.3. The van der Waals surface area contributed by atoms with Gasteiger partial charge in [0, 0.05) is 24.9 Å². The number of likely N-dealkylation sites (N-methyl/N-ethyl adjacent to an activating group) is 1. The third-order valence-electron chi connectivity index (χ3n) is 9.75. The van der Waals surface area contributed by atoms with Crippen molar-refractivity contribution in [2.75, 3.05) is 27.2 Å². The number of hydrogen-bond donors (Lipinski definition) is 4. The summed E-state index contributed by atoms with van der Waals surface area (Å²) in [6, 6.07) is 1.79. The van der Waals surface area contributed by atoms with Crippen LogP contribution in [0.25, 0.3) is 0 Å². The van der Waals surface area contributed by atoms with Gasteiger partial charge >= 0.3 is 11.9 Å². The quantitative estimate of drug-likeness (QED) is 0.190. The van der Waals surface area contributed by atoms with E-state index in [1.807, 2.05) is 19.2 Å². The predicted molar refractivity (Wildman–Crippen MR) is 168 cm³/mol. The SMILES string of the molecule is C.COc1ccc2c3c1O[C@H]1C(OC(=O)[C@H](C)OC(=O)[C@H](C)NC(=O)[C@H](CCCCN)NC(C)=O)=CC[C@@]4(O)[C@@H](C2)N(C)CC[C@]314. The summed E-state index contributed by atoms with van der Waals surface area (Å²) in [5.41, 5.74) is 5.50. The molecule has 1 aromatic carbocycles. The van der Waals surface area contributed by atoms with Crippen molar-refractivity contribution in [3.63, 3.8) is 0 Å². The fourth-order valence-electron chi connectivity index (χ4n) is 7.49. The van der Waals surface area contributed by atoms with E-state index >= 15 is 0 Å². The normalized spacial score (nSPS) is 27.3. The molecule has 1 spiro atoms. The third-order valence-corrected chi connectivity index (χ3v) is 9.75. The number of rotatable bonds is 12. The number of ether oxygens (including phenoxy) is 4. The van der Waals surface area contributed by atoms with E-state index in [0.29, 0.717) is 50.1 Å². The first-order valence-corrected chi connectivity index (χ1v) is 15.6. The Kier molecular flexibility index (Phi) is 10.4. The van der Waals surface area contributed by atoms with Crippen molar-refractivity contribution in [2.24, 2.45) is 5.73 Å². The Morgan fingerprint density at radius 1 is 1.17 bits per heavy atom. The first-order valence-electron chi connectivity index (χ1n) is 15.6. The summed E-state index contributed by atoms with van der Waals surface area (Å²) >= 11 is 0. The van der Waals surface area contributed by atoms with Crippen LogP contribution in [0.15, 0.2) is 24.0 Å². The molecule has 5 N–H and O–H groups in total. The van der Waals surface area contributed by atoms with Gasteiger partial charge in [-0.2, -0.15) is 0 Å². The van der Waals surface area contributed by atoms with Gasteiger partial charge in [0.15, 0.2) is 23.7 Å². The lowest BCUT2D eigenvalue weighted by atomic mass is 9.50. The number of carbonyl (C=O) groups is 4. The van der Waals surface area contributed by atoms with E-state index in [2.05, 4.69) is 15.5 Å². The predicted octanol–water partition coefficient (Wildman–Crippen LogP) is 1.22. The van der Waals surface area contributed by atoms with E-state index in [4.69, 9.17) is 24.7 Å². The average molecular weight is 645 g/mol. The van der Waals surface area contributed by atoms with Crippen LogP contribution in [0.3, 0.4) is 0 Å². The summed E-state index contributed by atoms with van der Waals surface area (Å²) in [7, 11) is 3.57. The Labute approximate surface area is 270 Å². The molecule has 1 aromatic rings. The molecule has 2 amide bonds. The lowest BCUT2D eigenvalue weighted by molar-refractivity contribution is -0.176. The Hall–Kier alpha value is -3.68. The molecule has 1 saturated heterocycles. The molecule has 254 valence electrons. The fraction of sp³-hybridized carbons (Fsp3) is 0.636. The summed E-state index contributed by atoms with van der Waals surface area (Å²) in [5.74, 6) is -1.24. The van der Waals surface area contributed by atoms with Crippen LogP contribution < -0.4 is 25.8 Å². The van der Waals surface area contributed by atoms with Gasteiger partial charge in [-0.25, -0.2) is 9.59 Å². The molecule has 2 aliphatic heterocycles. The van der Waals surface area contributed by atoms with Gasteiger partial charge < -0.3 is 45.3 Å². The number of carbonyl (C=O) groups excluding carboxylic acids is 4. The zero-order valence-electron chi connectivity index (χ0n) is 26.5. The van der Waals surface area contributed by atoms with Gasteiger partial charge in [0.2, 0.25) is 11.8 Å². The Morgan fingerprint density at radius 3 is 2.59 bits per heavy atom. The van der Waals surface area contributed by atoms with Crippen LogP contribution in [0, 0.1) is 0 Å². The second-order valence-corrected chi connectivity index (χ2v) is 12.6. The van der Waals surface area contributed by atoms with Gasteiger partial charge in [0.1, 0.15) is 17.8 Å². The molecule has 1 fully saturated rings. The molecule has 46 heavy (non-hydrogen) atoms. The Bertz CT molecular complexity index is 1400. The Balaban J connectivity index is 0.00000480. The Morgan fingerprint density at radius 2 is 1.91 bits per heavy atom. The summed E-state index contributed by atoms with van der Waals surface area (Å²) in [6.45, 7) is 5.30. The molecule has 4 aliphatic rings. The van der Waals surface area contributed by atoms with Crippen molar-refractivity contribution >= 4 is 23.8 Å². The molecular weight excluding hydrogens is 596 g/mol. The largest absolute Gasteiger partial charge is 0.493 e. The van der Waals surface area contributed by atoms with E-state index in [0.717, 1.165) is 17.7 Å². The lowest BCUT2D eigenvalue weighted by Gasteiger charge is -2.61. The maximum absolute atomic E-state index is 13.3. The summed E-state index contributed by atoms with van der Waals surface area (Å²) < 4.78 is 23.3. The van der Waals surface area contributed by atoms with Gasteiger partial charge in [-0.3, -0.25) is 9.59 Å². The fourth-order valence-corrected chi connectivity index (χ4v) is 7.49. The highest BCUT2D eigenvalue weighted by atomic mass is 16.6. The number of amides is 2. The van der Waals surface area contributed by atoms with Crippen LogP contribution in [0.1, 0.15) is 71.4 Å². The molecule has 0 aromatic heterocycles. The molecule has 5 rings (SSSR count). The topological polar surface area (TPSA) is 179 Å². The molecule has 0 saturated carbocycles. The number of nitrogens with zero attached hydrogens (tertiary/aromatic N) is 1.